The lowest BCUT2D eigenvalue weighted by Gasteiger charge is -2.33. The maximum Gasteiger partial charge on any atom is 0.0915 e. The van der Waals surface area contributed by atoms with E-state index in [2.05, 4.69) is 24.1 Å². The molecule has 1 aromatic rings. The van der Waals surface area contributed by atoms with Crippen LogP contribution in [0.15, 0.2) is 24.5 Å². The molecule has 1 heterocycles. The van der Waals surface area contributed by atoms with E-state index in [-0.39, 0.29) is 0 Å². The average molecular weight is 248 g/mol. The Bertz CT molecular complexity index is 355. The van der Waals surface area contributed by atoms with Crippen molar-refractivity contribution < 1.29 is 5.11 Å². The van der Waals surface area contributed by atoms with Crippen molar-refractivity contribution >= 4 is 0 Å². The summed E-state index contributed by atoms with van der Waals surface area (Å²) in [6, 6.07) is 4.31. The third kappa shape index (κ3) is 3.53. The van der Waals surface area contributed by atoms with E-state index in [4.69, 9.17) is 0 Å². The van der Waals surface area contributed by atoms with E-state index in [1.807, 2.05) is 12.1 Å². The van der Waals surface area contributed by atoms with Gasteiger partial charge in [0.05, 0.1) is 6.10 Å². The Balaban J connectivity index is 1.78. The quantitative estimate of drug-likeness (QED) is 0.860. The Morgan fingerprint density at radius 1 is 1.28 bits per heavy atom. The molecule has 0 bridgehead atoms. The van der Waals surface area contributed by atoms with Crippen LogP contribution in [-0.2, 0) is 0 Å². The van der Waals surface area contributed by atoms with Crippen molar-refractivity contribution in [2.24, 2.45) is 11.8 Å². The van der Waals surface area contributed by atoms with Gasteiger partial charge in [0.2, 0.25) is 0 Å². The van der Waals surface area contributed by atoms with Gasteiger partial charge in [0.1, 0.15) is 0 Å². The van der Waals surface area contributed by atoms with Gasteiger partial charge in [-0.25, -0.2) is 0 Å². The smallest absolute Gasteiger partial charge is 0.0915 e. The second-order valence-corrected chi connectivity index (χ2v) is 5.67. The lowest BCUT2D eigenvalue weighted by molar-refractivity contribution is 0.154. The zero-order valence-electron chi connectivity index (χ0n) is 11.3. The first-order chi connectivity index (χ1) is 8.66. The van der Waals surface area contributed by atoms with Crippen molar-refractivity contribution in [2.45, 2.75) is 45.3 Å². The highest BCUT2D eigenvalue weighted by molar-refractivity contribution is 5.13. The van der Waals surface area contributed by atoms with Crippen LogP contribution in [-0.4, -0.2) is 22.7 Å². The van der Waals surface area contributed by atoms with Crippen LogP contribution in [0.3, 0.4) is 0 Å². The van der Waals surface area contributed by atoms with Gasteiger partial charge in [-0.05, 0) is 48.8 Å². The first-order valence-corrected chi connectivity index (χ1v) is 6.98. The number of aliphatic hydroxyl groups excluding tert-OH is 1. The van der Waals surface area contributed by atoms with E-state index >= 15 is 0 Å². The highest BCUT2D eigenvalue weighted by Crippen LogP contribution is 2.29. The molecule has 18 heavy (non-hydrogen) atoms. The minimum atomic E-state index is -0.428. The summed E-state index contributed by atoms with van der Waals surface area (Å²) < 4.78 is 0. The van der Waals surface area contributed by atoms with Gasteiger partial charge < -0.3 is 10.4 Å². The van der Waals surface area contributed by atoms with Crippen molar-refractivity contribution in [1.29, 1.82) is 0 Å². The fourth-order valence-corrected chi connectivity index (χ4v) is 2.71. The van der Waals surface area contributed by atoms with Crippen LogP contribution in [0.1, 0.15) is 44.8 Å². The fourth-order valence-electron chi connectivity index (χ4n) is 2.71. The lowest BCUT2D eigenvalue weighted by atomic mass is 9.79. The van der Waals surface area contributed by atoms with Crippen LogP contribution in [0.4, 0.5) is 0 Å². The molecule has 0 radical (unpaired) electrons. The topological polar surface area (TPSA) is 45.1 Å². The third-order valence-corrected chi connectivity index (χ3v) is 4.29. The molecular weight excluding hydrogens is 224 g/mol. The van der Waals surface area contributed by atoms with Crippen LogP contribution >= 0.6 is 0 Å². The lowest BCUT2D eigenvalue weighted by Crippen LogP contribution is -2.38. The summed E-state index contributed by atoms with van der Waals surface area (Å²) in [5.41, 5.74) is 0.940. The van der Waals surface area contributed by atoms with Gasteiger partial charge in [0, 0.05) is 25.0 Å². The van der Waals surface area contributed by atoms with Gasteiger partial charge in [0.25, 0.3) is 0 Å². The molecule has 2 rings (SSSR count). The molecule has 0 spiro atoms. The summed E-state index contributed by atoms with van der Waals surface area (Å²) in [5, 5.41) is 13.6. The Morgan fingerprint density at radius 3 is 2.67 bits per heavy atom. The van der Waals surface area contributed by atoms with Crippen molar-refractivity contribution in [3.63, 3.8) is 0 Å². The highest BCUT2D eigenvalue weighted by Gasteiger charge is 2.24. The van der Waals surface area contributed by atoms with E-state index in [9.17, 15) is 5.11 Å². The van der Waals surface area contributed by atoms with E-state index in [0.29, 0.717) is 12.6 Å². The number of hydrogen-bond donors (Lipinski definition) is 2. The number of hydrogen-bond acceptors (Lipinski definition) is 3. The number of aromatic nitrogens is 1. The molecule has 1 fully saturated rings. The van der Waals surface area contributed by atoms with Crippen molar-refractivity contribution in [3.8, 4) is 0 Å². The summed E-state index contributed by atoms with van der Waals surface area (Å²) in [4.78, 5) is 3.96. The third-order valence-electron chi connectivity index (χ3n) is 4.29. The summed E-state index contributed by atoms with van der Waals surface area (Å²) in [7, 11) is 0. The number of pyridine rings is 1. The standard InChI is InChI=1S/C15H24N2O/c1-11-3-4-14(9-12(11)2)17-10-15(18)13-5-7-16-8-6-13/h5-8,11-12,14-15,17-18H,3-4,9-10H2,1-2H3/t11-,12+,14+,15+/m1/s1. The Morgan fingerprint density at radius 2 is 2.00 bits per heavy atom. The number of nitrogens with zero attached hydrogens (tertiary/aromatic N) is 1. The second kappa shape index (κ2) is 6.30. The molecule has 1 aliphatic rings. The monoisotopic (exact) mass is 248 g/mol. The highest BCUT2D eigenvalue weighted by atomic mass is 16.3. The van der Waals surface area contributed by atoms with E-state index in [0.717, 1.165) is 17.4 Å². The maximum absolute atomic E-state index is 10.1. The van der Waals surface area contributed by atoms with Crippen LogP contribution in [0.25, 0.3) is 0 Å². The molecule has 100 valence electrons. The van der Waals surface area contributed by atoms with Crippen molar-refractivity contribution in [1.82, 2.24) is 10.3 Å². The first kappa shape index (κ1) is 13.5. The zero-order chi connectivity index (χ0) is 13.0. The molecule has 1 saturated carbocycles. The fraction of sp³-hybridized carbons (Fsp3) is 0.667. The average Bonchev–Trinajstić information content (AvgIpc) is 2.41. The maximum atomic E-state index is 10.1. The van der Waals surface area contributed by atoms with Crippen molar-refractivity contribution in [3.05, 3.63) is 30.1 Å². The minimum Gasteiger partial charge on any atom is -0.387 e. The molecule has 0 aromatic carbocycles. The zero-order valence-corrected chi connectivity index (χ0v) is 11.3. The van der Waals surface area contributed by atoms with Crippen LogP contribution in [0.2, 0.25) is 0 Å². The molecule has 0 saturated heterocycles. The van der Waals surface area contributed by atoms with Gasteiger partial charge in [-0.2, -0.15) is 0 Å². The molecule has 0 unspecified atom stereocenters. The predicted octanol–water partition coefficient (Wildman–Crippen LogP) is 2.53. The SMILES string of the molecule is C[C@@H]1CC[C@H](NC[C@H](O)c2ccncc2)C[C@@H]1C. The van der Waals surface area contributed by atoms with Gasteiger partial charge in [0.15, 0.2) is 0 Å². The predicted molar refractivity (Wildman–Crippen MR) is 73.2 cm³/mol. The Hall–Kier alpha value is -0.930. The van der Waals surface area contributed by atoms with Gasteiger partial charge in [-0.15, -0.1) is 0 Å². The molecule has 4 atom stereocenters. The summed E-state index contributed by atoms with van der Waals surface area (Å²) >= 11 is 0. The summed E-state index contributed by atoms with van der Waals surface area (Å²) in [6.07, 6.45) is 6.78. The molecule has 2 N–H and O–H groups in total. The summed E-state index contributed by atoms with van der Waals surface area (Å²) in [5.74, 6) is 1.63. The minimum absolute atomic E-state index is 0.428. The molecule has 0 amide bonds. The van der Waals surface area contributed by atoms with Crippen LogP contribution in [0, 0.1) is 11.8 Å². The number of nitrogens with one attached hydrogen (secondary N) is 1. The second-order valence-electron chi connectivity index (χ2n) is 5.67. The molecule has 0 aliphatic heterocycles. The molecule has 1 aliphatic carbocycles. The van der Waals surface area contributed by atoms with E-state index in [1.54, 1.807) is 12.4 Å². The number of rotatable bonds is 4. The largest absolute Gasteiger partial charge is 0.387 e. The Kier molecular flexibility index (Phi) is 4.72. The number of aliphatic hydroxyl groups is 1. The normalized spacial score (nSPS) is 30.1. The van der Waals surface area contributed by atoms with Crippen LogP contribution < -0.4 is 5.32 Å². The van der Waals surface area contributed by atoms with E-state index in [1.165, 1.54) is 19.3 Å². The summed E-state index contributed by atoms with van der Waals surface area (Å²) in [6.45, 7) is 5.31. The molecule has 1 aromatic heterocycles. The Labute approximate surface area is 110 Å². The van der Waals surface area contributed by atoms with Gasteiger partial charge in [-0.3, -0.25) is 4.98 Å². The van der Waals surface area contributed by atoms with E-state index < -0.39 is 6.10 Å². The molecule has 3 heteroatoms. The molecule has 3 nitrogen and oxygen atoms in total. The van der Waals surface area contributed by atoms with Crippen molar-refractivity contribution in [2.75, 3.05) is 6.54 Å². The first-order valence-electron chi connectivity index (χ1n) is 6.98. The molecular formula is C15H24N2O. The van der Waals surface area contributed by atoms with Crippen LogP contribution in [0.5, 0.6) is 0 Å². The van der Waals surface area contributed by atoms with Gasteiger partial charge >= 0.3 is 0 Å². The van der Waals surface area contributed by atoms with Gasteiger partial charge in [-0.1, -0.05) is 13.8 Å².